The van der Waals surface area contributed by atoms with Gasteiger partial charge in [0.25, 0.3) is 0 Å². The molecule has 4 heteroatoms. The number of rotatable bonds is 7. The van der Waals surface area contributed by atoms with E-state index in [2.05, 4.69) is 30.9 Å². The van der Waals surface area contributed by atoms with Crippen LogP contribution in [-0.2, 0) is 6.54 Å². The van der Waals surface area contributed by atoms with Crippen molar-refractivity contribution in [3.05, 3.63) is 23.8 Å². The van der Waals surface area contributed by atoms with Crippen LogP contribution >= 0.6 is 0 Å². The van der Waals surface area contributed by atoms with Crippen molar-refractivity contribution >= 4 is 0 Å². The van der Waals surface area contributed by atoms with Gasteiger partial charge in [0, 0.05) is 19.6 Å². The number of phenolic OH excluding ortho intramolecular Hbond substituents is 1. The Balaban J connectivity index is 2.58. The molecule has 0 bridgehead atoms. The highest BCUT2D eigenvalue weighted by atomic mass is 16.5. The molecule has 1 aromatic carbocycles. The van der Waals surface area contributed by atoms with Crippen LogP contribution in [0.5, 0.6) is 11.5 Å². The average Bonchev–Trinajstić information content (AvgIpc) is 2.31. The van der Waals surface area contributed by atoms with E-state index in [4.69, 9.17) is 4.74 Å². The second-order valence-corrected chi connectivity index (χ2v) is 4.78. The van der Waals surface area contributed by atoms with E-state index in [1.807, 2.05) is 19.1 Å². The third-order valence-corrected chi connectivity index (χ3v) is 2.71. The van der Waals surface area contributed by atoms with E-state index >= 15 is 0 Å². The van der Waals surface area contributed by atoms with Crippen molar-refractivity contribution in [2.75, 3.05) is 40.8 Å². The van der Waals surface area contributed by atoms with Crippen molar-refractivity contribution in [1.82, 2.24) is 9.80 Å². The third-order valence-electron chi connectivity index (χ3n) is 2.71. The van der Waals surface area contributed by atoms with E-state index in [-0.39, 0.29) is 5.75 Å². The summed E-state index contributed by atoms with van der Waals surface area (Å²) in [5.41, 5.74) is 1.15. The number of aromatic hydroxyl groups is 1. The second-order valence-electron chi connectivity index (χ2n) is 4.78. The van der Waals surface area contributed by atoms with Gasteiger partial charge in [0.05, 0.1) is 6.61 Å². The summed E-state index contributed by atoms with van der Waals surface area (Å²) in [6.07, 6.45) is 0. The standard InChI is InChI=1S/C14H24N2O2/c1-5-18-14-10-12(6-7-13(14)17)11-16(4)9-8-15(2)3/h6-7,10,17H,5,8-9,11H2,1-4H3. The lowest BCUT2D eigenvalue weighted by molar-refractivity contribution is 0.275. The number of hydrogen-bond donors (Lipinski definition) is 1. The lowest BCUT2D eigenvalue weighted by atomic mass is 10.2. The second kappa shape index (κ2) is 7.24. The zero-order chi connectivity index (χ0) is 13.5. The van der Waals surface area contributed by atoms with Crippen molar-refractivity contribution in [1.29, 1.82) is 0 Å². The van der Waals surface area contributed by atoms with Crippen LogP contribution in [0.25, 0.3) is 0 Å². The minimum Gasteiger partial charge on any atom is -0.504 e. The zero-order valence-corrected chi connectivity index (χ0v) is 11.8. The Kier molecular flexibility index (Phi) is 5.95. The summed E-state index contributed by atoms with van der Waals surface area (Å²) in [6.45, 7) is 5.38. The van der Waals surface area contributed by atoms with Gasteiger partial charge in [-0.1, -0.05) is 6.07 Å². The smallest absolute Gasteiger partial charge is 0.161 e. The minimum absolute atomic E-state index is 0.205. The predicted octanol–water partition coefficient (Wildman–Crippen LogP) is 1.78. The largest absolute Gasteiger partial charge is 0.504 e. The van der Waals surface area contributed by atoms with Gasteiger partial charge in [-0.25, -0.2) is 0 Å². The fraction of sp³-hybridized carbons (Fsp3) is 0.571. The van der Waals surface area contributed by atoms with Gasteiger partial charge >= 0.3 is 0 Å². The summed E-state index contributed by atoms with van der Waals surface area (Å²) in [6, 6.07) is 5.54. The molecule has 4 nitrogen and oxygen atoms in total. The molecule has 0 aliphatic rings. The van der Waals surface area contributed by atoms with Gasteiger partial charge in [-0.05, 0) is 45.8 Å². The molecule has 0 unspecified atom stereocenters. The molecule has 0 amide bonds. The third kappa shape index (κ3) is 4.94. The van der Waals surface area contributed by atoms with Crippen molar-refractivity contribution in [3.8, 4) is 11.5 Å². The van der Waals surface area contributed by atoms with Gasteiger partial charge in [-0.15, -0.1) is 0 Å². The number of nitrogens with zero attached hydrogens (tertiary/aromatic N) is 2. The summed E-state index contributed by atoms with van der Waals surface area (Å²) in [5, 5.41) is 9.63. The first-order valence-electron chi connectivity index (χ1n) is 6.31. The van der Waals surface area contributed by atoms with Crippen LogP contribution in [0.3, 0.4) is 0 Å². The van der Waals surface area contributed by atoms with Crippen molar-refractivity contribution in [3.63, 3.8) is 0 Å². The molecule has 0 aliphatic heterocycles. The molecule has 0 radical (unpaired) electrons. The number of hydrogen-bond acceptors (Lipinski definition) is 4. The topological polar surface area (TPSA) is 35.9 Å². The maximum absolute atomic E-state index is 9.63. The molecule has 0 spiro atoms. The van der Waals surface area contributed by atoms with Gasteiger partial charge in [-0.2, -0.15) is 0 Å². The molecule has 0 aromatic heterocycles. The van der Waals surface area contributed by atoms with E-state index < -0.39 is 0 Å². The highest BCUT2D eigenvalue weighted by Crippen LogP contribution is 2.27. The first-order valence-corrected chi connectivity index (χ1v) is 6.31. The van der Waals surface area contributed by atoms with Crippen LogP contribution in [0.2, 0.25) is 0 Å². The van der Waals surface area contributed by atoms with Crippen molar-refractivity contribution in [2.45, 2.75) is 13.5 Å². The van der Waals surface area contributed by atoms with E-state index in [9.17, 15) is 5.11 Å². The van der Waals surface area contributed by atoms with Gasteiger partial charge < -0.3 is 19.6 Å². The van der Waals surface area contributed by atoms with Gasteiger partial charge in [-0.3, -0.25) is 0 Å². The van der Waals surface area contributed by atoms with Crippen LogP contribution in [0, 0.1) is 0 Å². The lowest BCUT2D eigenvalue weighted by Gasteiger charge is -2.19. The van der Waals surface area contributed by atoms with E-state index in [0.29, 0.717) is 12.4 Å². The van der Waals surface area contributed by atoms with Crippen LogP contribution in [0.1, 0.15) is 12.5 Å². The maximum atomic E-state index is 9.63. The van der Waals surface area contributed by atoms with E-state index in [1.54, 1.807) is 6.07 Å². The molecule has 1 aromatic rings. The first kappa shape index (κ1) is 14.8. The predicted molar refractivity (Wildman–Crippen MR) is 74.2 cm³/mol. The normalized spacial score (nSPS) is 11.2. The van der Waals surface area contributed by atoms with E-state index in [0.717, 1.165) is 25.2 Å². The molecule has 0 heterocycles. The van der Waals surface area contributed by atoms with Crippen molar-refractivity contribution in [2.24, 2.45) is 0 Å². The first-order chi connectivity index (χ1) is 8.52. The Morgan fingerprint density at radius 1 is 1.17 bits per heavy atom. The molecule has 0 saturated heterocycles. The Bertz CT molecular complexity index is 367. The van der Waals surface area contributed by atoms with Gasteiger partial charge in [0.1, 0.15) is 0 Å². The number of benzene rings is 1. The molecule has 0 atom stereocenters. The van der Waals surface area contributed by atoms with Gasteiger partial charge in [0.15, 0.2) is 11.5 Å². The lowest BCUT2D eigenvalue weighted by Crippen LogP contribution is -2.28. The van der Waals surface area contributed by atoms with Crippen LogP contribution < -0.4 is 4.74 Å². The molecule has 1 N–H and O–H groups in total. The molecular weight excluding hydrogens is 228 g/mol. The Labute approximate surface area is 110 Å². The van der Waals surface area contributed by atoms with Gasteiger partial charge in [0.2, 0.25) is 0 Å². The molecular formula is C14H24N2O2. The molecule has 18 heavy (non-hydrogen) atoms. The SMILES string of the molecule is CCOc1cc(CN(C)CCN(C)C)ccc1O. The minimum atomic E-state index is 0.205. The number of ether oxygens (including phenoxy) is 1. The molecule has 0 saturated carbocycles. The Morgan fingerprint density at radius 2 is 1.89 bits per heavy atom. The molecule has 0 aliphatic carbocycles. The van der Waals surface area contributed by atoms with Crippen LogP contribution in [0.15, 0.2) is 18.2 Å². The van der Waals surface area contributed by atoms with Crippen LogP contribution in [0.4, 0.5) is 0 Å². The average molecular weight is 252 g/mol. The summed E-state index contributed by atoms with van der Waals surface area (Å²) in [7, 11) is 6.24. The van der Waals surface area contributed by atoms with Crippen molar-refractivity contribution < 1.29 is 9.84 Å². The monoisotopic (exact) mass is 252 g/mol. The maximum Gasteiger partial charge on any atom is 0.161 e. The fourth-order valence-corrected chi connectivity index (χ4v) is 1.69. The summed E-state index contributed by atoms with van der Waals surface area (Å²) >= 11 is 0. The highest BCUT2D eigenvalue weighted by molar-refractivity contribution is 5.41. The van der Waals surface area contributed by atoms with Crippen LogP contribution in [-0.4, -0.2) is 55.7 Å². The zero-order valence-electron chi connectivity index (χ0n) is 11.8. The number of likely N-dealkylation sites (N-methyl/N-ethyl adjacent to an activating group) is 2. The Hall–Kier alpha value is -1.26. The number of phenols is 1. The quantitative estimate of drug-likeness (QED) is 0.802. The summed E-state index contributed by atoms with van der Waals surface area (Å²) in [5.74, 6) is 0.771. The fourth-order valence-electron chi connectivity index (χ4n) is 1.69. The molecule has 0 fully saturated rings. The molecule has 1 rings (SSSR count). The molecule has 102 valence electrons. The summed E-state index contributed by atoms with van der Waals surface area (Å²) in [4.78, 5) is 4.42. The van der Waals surface area contributed by atoms with E-state index in [1.165, 1.54) is 0 Å². The highest BCUT2D eigenvalue weighted by Gasteiger charge is 2.06. The Morgan fingerprint density at radius 3 is 2.50 bits per heavy atom. The summed E-state index contributed by atoms with van der Waals surface area (Å²) < 4.78 is 5.38.